The van der Waals surface area contributed by atoms with Crippen molar-refractivity contribution >= 4 is 109 Å². The van der Waals surface area contributed by atoms with E-state index in [1.54, 1.807) is 0 Å². The molecule has 0 atom stereocenters. The molecule has 0 aliphatic carbocycles. The molecule has 0 spiro atoms. The van der Waals surface area contributed by atoms with E-state index in [4.69, 9.17) is 29.2 Å². The molecular formula is C139H86N6O3. The van der Waals surface area contributed by atoms with Gasteiger partial charge in [0.05, 0.1) is 33.6 Å². The van der Waals surface area contributed by atoms with E-state index in [0.29, 0.717) is 0 Å². The van der Waals surface area contributed by atoms with Gasteiger partial charge in [0.25, 0.3) is 0 Å². The first-order valence-electron chi connectivity index (χ1n) is 50.3. The molecule has 31 rings (SSSR count). The Morgan fingerprint density at radius 1 is 0.149 bits per heavy atom. The Morgan fingerprint density at radius 3 is 0.824 bits per heavy atom. The third-order valence-corrected chi connectivity index (χ3v) is 29.7. The zero-order chi connectivity index (χ0) is 97.4. The van der Waals surface area contributed by atoms with Crippen molar-refractivity contribution in [1.29, 1.82) is 0 Å². The van der Waals surface area contributed by atoms with Crippen molar-refractivity contribution in [3.05, 3.63) is 522 Å². The Labute approximate surface area is 852 Å². The summed E-state index contributed by atoms with van der Waals surface area (Å²) in [7, 11) is 0. The molecule has 0 bridgehead atoms. The van der Waals surface area contributed by atoms with E-state index in [1.807, 2.05) is 48.5 Å². The molecule has 3 aliphatic rings. The van der Waals surface area contributed by atoms with Crippen LogP contribution in [-0.2, 0) is 0 Å². The summed E-state index contributed by atoms with van der Waals surface area (Å²) in [5.41, 5.74) is 33.0. The summed E-state index contributed by atoms with van der Waals surface area (Å²) < 4.78 is 27.3. The van der Waals surface area contributed by atoms with E-state index < -0.39 is 0 Å². The van der Waals surface area contributed by atoms with Crippen LogP contribution in [0.15, 0.2) is 522 Å². The van der Waals surface area contributed by atoms with Gasteiger partial charge in [0, 0.05) is 38.9 Å². The first-order valence-corrected chi connectivity index (χ1v) is 50.3. The number of para-hydroxylation sites is 6. The molecule has 0 N–H and O–H groups in total. The fourth-order valence-corrected chi connectivity index (χ4v) is 23.3. The molecule has 6 heterocycles. The lowest BCUT2D eigenvalue weighted by Gasteiger charge is -2.25. The molecule has 690 valence electrons. The molecule has 0 unspecified atom stereocenters. The number of benzene rings is 25. The minimum Gasteiger partial charge on any atom is -0.452 e. The lowest BCUT2D eigenvalue weighted by Crippen LogP contribution is -2.07. The standard InChI is InChI=1S/C49H30N2O.2C45H28N2O/c1-3-13-31(14-4-1)35-27-28-39-41(30-35)46(38-20-10-9-19-37(38)45(39)36-26-25-32-15-7-8-18-34(32)29-36)40-21-11-23-43-48(40)52-44-24-12-22-42-47(44)51(43)49(50-42)33-16-5-2-6-17-33;1-3-14-29(15-4-1)41-34-20-7-9-22-36(34)42(37-23-10-8-21-35(37)41)32-19-11-18-31(28-32)33-24-12-26-39-44(33)48-40-27-13-25-38-43(40)47(39)45(46-38)30-16-5-2-6-17-30;1-3-13-30(14-4-1)41-34-17-7-9-19-36(34)42(37-20-10-8-18-35(37)41)31-27-25-29(26-28-31)33-21-11-23-39-44(33)48-40-24-12-22-38-43(40)47(39)45(46-38)32-15-5-2-6-16-32/h1-30H;2*1-28H. The molecule has 0 saturated carbocycles. The smallest absolute Gasteiger partial charge is 0.159 e. The van der Waals surface area contributed by atoms with E-state index in [1.165, 1.54) is 142 Å². The molecule has 9 heteroatoms. The van der Waals surface area contributed by atoms with E-state index >= 15 is 0 Å². The maximum Gasteiger partial charge on any atom is 0.159 e. The van der Waals surface area contributed by atoms with Gasteiger partial charge in [-0.05, 0) is 226 Å². The summed E-state index contributed by atoms with van der Waals surface area (Å²) >= 11 is 0. The van der Waals surface area contributed by atoms with Crippen LogP contribution in [0.25, 0.3) is 260 Å². The second-order valence-corrected chi connectivity index (χ2v) is 38.1. The van der Waals surface area contributed by atoms with Gasteiger partial charge in [-0.25, -0.2) is 15.0 Å². The highest BCUT2D eigenvalue weighted by Crippen LogP contribution is 2.57. The quantitative estimate of drug-likeness (QED) is 0.113. The molecule has 3 aromatic heterocycles. The van der Waals surface area contributed by atoms with Crippen LogP contribution < -0.4 is 14.2 Å². The average Bonchev–Trinajstić information content (AvgIpc) is 1.24. The van der Waals surface area contributed by atoms with Gasteiger partial charge in [-0.1, -0.05) is 449 Å². The van der Waals surface area contributed by atoms with Crippen LogP contribution in [0.2, 0.25) is 0 Å². The maximum atomic E-state index is 7.00. The fraction of sp³-hybridized carbons (Fsp3) is 0. The van der Waals surface area contributed by atoms with Crippen molar-refractivity contribution in [1.82, 2.24) is 28.7 Å². The number of hydrogen-bond donors (Lipinski definition) is 0. The second-order valence-electron chi connectivity index (χ2n) is 38.1. The molecule has 25 aromatic carbocycles. The van der Waals surface area contributed by atoms with Gasteiger partial charge in [-0.15, -0.1) is 0 Å². The zero-order valence-corrected chi connectivity index (χ0v) is 80.1. The van der Waals surface area contributed by atoms with Crippen LogP contribution in [0.1, 0.15) is 0 Å². The normalized spacial score (nSPS) is 11.9. The monoisotopic (exact) mass is 1890 g/mol. The van der Waals surface area contributed by atoms with Crippen molar-refractivity contribution in [2.75, 3.05) is 0 Å². The Kier molecular flexibility index (Phi) is 20.1. The summed E-state index contributed by atoms with van der Waals surface area (Å²) in [6, 6.07) is 185. The summed E-state index contributed by atoms with van der Waals surface area (Å²) in [4.78, 5) is 15.3. The Balaban J connectivity index is 0.000000105. The zero-order valence-electron chi connectivity index (χ0n) is 80.1. The molecule has 3 aliphatic heterocycles. The molecular weight excluding hydrogens is 1800 g/mol. The second kappa shape index (κ2) is 35.1. The molecule has 0 amide bonds. The van der Waals surface area contributed by atoms with Crippen molar-refractivity contribution in [3.63, 3.8) is 0 Å². The summed E-state index contributed by atoms with van der Waals surface area (Å²) in [6.07, 6.45) is 0. The van der Waals surface area contributed by atoms with Crippen molar-refractivity contribution in [3.8, 4) is 186 Å². The fourth-order valence-electron chi connectivity index (χ4n) is 23.3. The van der Waals surface area contributed by atoms with Gasteiger partial charge < -0.3 is 14.2 Å². The first kappa shape index (κ1) is 85.0. The van der Waals surface area contributed by atoms with E-state index in [-0.39, 0.29) is 0 Å². The minimum atomic E-state index is 0.804. The molecule has 9 nitrogen and oxygen atoms in total. The van der Waals surface area contributed by atoms with Gasteiger partial charge in [0.1, 0.15) is 34.0 Å². The van der Waals surface area contributed by atoms with Crippen LogP contribution in [0.3, 0.4) is 0 Å². The number of hydrogen-bond acceptors (Lipinski definition) is 6. The average molecular weight is 1890 g/mol. The third-order valence-electron chi connectivity index (χ3n) is 29.7. The number of aromatic nitrogens is 6. The van der Waals surface area contributed by atoms with E-state index in [2.05, 4.69) is 487 Å². The Bertz CT molecular complexity index is 10100. The van der Waals surface area contributed by atoms with Crippen LogP contribution in [-0.4, -0.2) is 28.7 Å². The highest BCUT2D eigenvalue weighted by molar-refractivity contribution is 6.26. The Hall–Kier alpha value is -19.9. The third kappa shape index (κ3) is 14.0. The first-order chi connectivity index (χ1) is 73.5. The van der Waals surface area contributed by atoms with Crippen molar-refractivity contribution in [2.45, 2.75) is 0 Å². The van der Waals surface area contributed by atoms with E-state index in [9.17, 15) is 0 Å². The lowest BCUT2D eigenvalue weighted by molar-refractivity contribution is 0.477. The van der Waals surface area contributed by atoms with Gasteiger partial charge in [-0.2, -0.15) is 0 Å². The van der Waals surface area contributed by atoms with Crippen LogP contribution in [0, 0.1) is 0 Å². The topological polar surface area (TPSA) is 81.2 Å². The van der Waals surface area contributed by atoms with E-state index in [0.717, 1.165) is 152 Å². The molecule has 148 heavy (non-hydrogen) atoms. The number of ether oxygens (including phenoxy) is 3. The van der Waals surface area contributed by atoms with Crippen molar-refractivity contribution < 1.29 is 14.2 Å². The number of nitrogens with zero attached hydrogens (tertiary/aromatic N) is 6. The predicted octanol–water partition coefficient (Wildman–Crippen LogP) is 37.5. The Morgan fingerprint density at radius 2 is 0.419 bits per heavy atom. The lowest BCUT2D eigenvalue weighted by atomic mass is 9.84. The maximum absolute atomic E-state index is 7.00. The molecule has 0 saturated heterocycles. The molecule has 0 fully saturated rings. The minimum absolute atomic E-state index is 0.804. The largest absolute Gasteiger partial charge is 0.452 e. The molecule has 28 aromatic rings. The van der Waals surface area contributed by atoms with Gasteiger partial charge in [0.15, 0.2) is 34.5 Å². The predicted molar refractivity (Wildman–Crippen MR) is 611 cm³/mol. The number of fused-ring (bicyclic) bond motifs is 13. The van der Waals surface area contributed by atoms with Gasteiger partial charge >= 0.3 is 0 Å². The van der Waals surface area contributed by atoms with Crippen LogP contribution in [0.5, 0.6) is 34.5 Å². The van der Waals surface area contributed by atoms with Crippen molar-refractivity contribution in [2.24, 2.45) is 0 Å². The highest BCUT2D eigenvalue weighted by atomic mass is 16.5. The number of rotatable bonds is 12. The molecule has 0 radical (unpaired) electrons. The number of imidazole rings is 3. The van der Waals surface area contributed by atoms with Gasteiger partial charge in [0.2, 0.25) is 0 Å². The summed E-state index contributed by atoms with van der Waals surface area (Å²) in [6.45, 7) is 0. The SMILES string of the molecule is c1ccc(-c2c3ccccc3c(-c3ccc(-c4cccc5c4Oc4cccc6nc(-c7ccccc7)n-5c46)cc3)c3ccccc23)cc1.c1ccc(-c2c3ccccc3c(-c3cccc(-c4cccc5c4Oc4cccc6nc(-c7ccccc7)n-5c46)c3)c3ccccc23)cc1.c1ccc(-c2ccc3c(-c4ccc5ccccc5c4)c4ccccc4c(-c4cccc5c4Oc4cccc6nc(-c7ccccc7)n-5c46)c3c2)cc1. The van der Waals surface area contributed by atoms with Gasteiger partial charge in [-0.3, -0.25) is 13.7 Å². The highest BCUT2D eigenvalue weighted by Gasteiger charge is 2.34. The van der Waals surface area contributed by atoms with Crippen LogP contribution >= 0.6 is 0 Å². The van der Waals surface area contributed by atoms with Crippen LogP contribution in [0.4, 0.5) is 0 Å². The summed E-state index contributed by atoms with van der Waals surface area (Å²) in [5, 5.41) is 17.2. The summed E-state index contributed by atoms with van der Waals surface area (Å²) in [5.74, 6) is 7.64.